The molecular weight excluding hydrogens is 362 g/mol. The molecule has 29 heavy (non-hydrogen) atoms. The average Bonchev–Trinajstić information content (AvgIpc) is 3.43. The molecule has 0 radical (unpaired) electrons. The summed E-state index contributed by atoms with van der Waals surface area (Å²) < 4.78 is 0. The van der Waals surface area contributed by atoms with Crippen molar-refractivity contribution < 1.29 is 9.59 Å². The smallest absolute Gasteiger partial charge is 0.228 e. The topological polar surface area (TPSA) is 43.9 Å². The average molecular weight is 389 g/mol. The van der Waals surface area contributed by atoms with Crippen molar-refractivity contribution in [1.82, 2.24) is 4.90 Å². The number of anilines is 2. The quantitative estimate of drug-likeness (QED) is 0.810. The second-order valence-electron chi connectivity index (χ2n) is 8.39. The molecule has 3 heterocycles. The van der Waals surface area contributed by atoms with E-state index >= 15 is 0 Å². The first-order valence-electron chi connectivity index (χ1n) is 10.7. The fraction of sp³-hybridized carbons (Fsp3) is 0.417. The summed E-state index contributed by atoms with van der Waals surface area (Å²) in [7, 11) is 0. The molecule has 5 heteroatoms. The summed E-state index contributed by atoms with van der Waals surface area (Å²) in [5.41, 5.74) is 4.68. The van der Waals surface area contributed by atoms with Crippen molar-refractivity contribution in [3.05, 3.63) is 59.7 Å². The second kappa shape index (κ2) is 7.54. The van der Waals surface area contributed by atoms with Gasteiger partial charge in [-0.05, 0) is 54.7 Å². The maximum atomic E-state index is 13.1. The lowest BCUT2D eigenvalue weighted by Gasteiger charge is -2.30. The molecule has 0 spiro atoms. The molecule has 0 aliphatic carbocycles. The van der Waals surface area contributed by atoms with Crippen molar-refractivity contribution in [1.29, 1.82) is 0 Å². The second-order valence-corrected chi connectivity index (χ2v) is 8.39. The minimum absolute atomic E-state index is 0.0506. The van der Waals surface area contributed by atoms with E-state index in [1.165, 1.54) is 29.7 Å². The molecule has 3 aliphatic rings. The first-order chi connectivity index (χ1) is 14.2. The van der Waals surface area contributed by atoms with E-state index in [2.05, 4.69) is 35.2 Å². The number of nitrogens with zero attached hydrogens (tertiary/aromatic N) is 3. The molecule has 0 bridgehead atoms. The van der Waals surface area contributed by atoms with E-state index in [4.69, 9.17) is 0 Å². The normalized spacial score (nSPS) is 21.6. The van der Waals surface area contributed by atoms with E-state index in [1.807, 2.05) is 23.1 Å². The van der Waals surface area contributed by atoms with E-state index in [9.17, 15) is 9.59 Å². The fourth-order valence-electron chi connectivity index (χ4n) is 4.88. The first kappa shape index (κ1) is 18.2. The van der Waals surface area contributed by atoms with Gasteiger partial charge in [0.1, 0.15) is 0 Å². The lowest BCUT2D eigenvalue weighted by atomic mass is 9.98. The summed E-state index contributed by atoms with van der Waals surface area (Å²) in [6, 6.07) is 16.6. The van der Waals surface area contributed by atoms with Crippen molar-refractivity contribution in [3.63, 3.8) is 0 Å². The maximum absolute atomic E-state index is 13.1. The highest BCUT2D eigenvalue weighted by atomic mass is 16.2. The fourth-order valence-corrected chi connectivity index (χ4v) is 4.88. The Morgan fingerprint density at radius 2 is 1.55 bits per heavy atom. The van der Waals surface area contributed by atoms with Crippen molar-refractivity contribution >= 4 is 23.2 Å². The Balaban J connectivity index is 1.26. The van der Waals surface area contributed by atoms with Crippen LogP contribution in [0.15, 0.2) is 48.5 Å². The highest BCUT2D eigenvalue weighted by Crippen LogP contribution is 2.30. The van der Waals surface area contributed by atoms with Gasteiger partial charge < -0.3 is 14.7 Å². The van der Waals surface area contributed by atoms with Crippen LogP contribution in [0.1, 0.15) is 30.4 Å². The Morgan fingerprint density at radius 1 is 0.862 bits per heavy atom. The van der Waals surface area contributed by atoms with Crippen LogP contribution in [0.4, 0.5) is 11.4 Å². The van der Waals surface area contributed by atoms with Crippen LogP contribution in [0.5, 0.6) is 0 Å². The van der Waals surface area contributed by atoms with Crippen molar-refractivity contribution in [2.24, 2.45) is 5.92 Å². The van der Waals surface area contributed by atoms with Crippen LogP contribution in [0.2, 0.25) is 0 Å². The monoisotopic (exact) mass is 389 g/mol. The van der Waals surface area contributed by atoms with Crippen LogP contribution in [-0.2, 0) is 22.6 Å². The maximum Gasteiger partial charge on any atom is 0.228 e. The largest absolute Gasteiger partial charge is 0.372 e. The van der Waals surface area contributed by atoms with Gasteiger partial charge in [-0.2, -0.15) is 0 Å². The van der Waals surface area contributed by atoms with E-state index < -0.39 is 0 Å². The number of fused-ring (bicyclic) bond motifs is 1. The summed E-state index contributed by atoms with van der Waals surface area (Å²) in [5.74, 6) is -0.0789. The molecule has 5 nitrogen and oxygen atoms in total. The van der Waals surface area contributed by atoms with Gasteiger partial charge in [0, 0.05) is 50.5 Å². The van der Waals surface area contributed by atoms with Gasteiger partial charge in [0.15, 0.2) is 0 Å². The lowest BCUT2D eigenvalue weighted by molar-refractivity contribution is -0.136. The summed E-state index contributed by atoms with van der Waals surface area (Å²) in [6.45, 7) is 4.10. The zero-order valence-corrected chi connectivity index (χ0v) is 16.7. The minimum atomic E-state index is -0.244. The molecule has 2 fully saturated rings. The SMILES string of the molecule is O=C(C1CC(=O)N(c2ccc(N3CCCC3)cc2)C1)N1CCc2ccccc2C1. The highest BCUT2D eigenvalue weighted by molar-refractivity contribution is 6.00. The molecule has 3 aliphatic heterocycles. The lowest BCUT2D eigenvalue weighted by Crippen LogP contribution is -2.40. The number of hydrogen-bond acceptors (Lipinski definition) is 3. The molecule has 1 atom stereocenters. The molecular formula is C24H27N3O2. The third kappa shape index (κ3) is 3.50. The summed E-state index contributed by atoms with van der Waals surface area (Å²) in [6.07, 6.45) is 3.70. The molecule has 0 aromatic heterocycles. The van der Waals surface area contributed by atoms with Gasteiger partial charge >= 0.3 is 0 Å². The van der Waals surface area contributed by atoms with Crippen LogP contribution >= 0.6 is 0 Å². The Hall–Kier alpha value is -2.82. The van der Waals surface area contributed by atoms with Crippen LogP contribution in [0, 0.1) is 5.92 Å². The molecule has 2 aromatic carbocycles. The third-order valence-corrected chi connectivity index (χ3v) is 6.55. The summed E-state index contributed by atoms with van der Waals surface area (Å²) in [4.78, 5) is 31.9. The number of amides is 2. The van der Waals surface area contributed by atoms with E-state index in [1.54, 1.807) is 4.90 Å². The number of carbonyl (C=O) groups is 2. The van der Waals surface area contributed by atoms with Crippen molar-refractivity contribution in [2.75, 3.05) is 36.0 Å². The molecule has 2 aromatic rings. The van der Waals surface area contributed by atoms with Crippen LogP contribution in [0.3, 0.4) is 0 Å². The zero-order chi connectivity index (χ0) is 19.8. The molecule has 150 valence electrons. The zero-order valence-electron chi connectivity index (χ0n) is 16.7. The summed E-state index contributed by atoms with van der Waals surface area (Å²) >= 11 is 0. The van der Waals surface area contributed by atoms with Crippen LogP contribution in [0.25, 0.3) is 0 Å². The van der Waals surface area contributed by atoms with E-state index in [0.717, 1.165) is 31.7 Å². The Labute approximate surface area is 171 Å². The predicted molar refractivity (Wildman–Crippen MR) is 114 cm³/mol. The summed E-state index contributed by atoms with van der Waals surface area (Å²) in [5, 5.41) is 0. The van der Waals surface area contributed by atoms with E-state index in [0.29, 0.717) is 19.5 Å². The standard InChI is InChI=1S/C24H27N3O2/c28-23-15-20(24(29)26-14-11-18-5-1-2-6-19(18)16-26)17-27(23)22-9-7-21(8-10-22)25-12-3-4-13-25/h1-2,5-10,20H,3-4,11-17H2. The first-order valence-corrected chi connectivity index (χ1v) is 10.7. The molecule has 2 amide bonds. The highest BCUT2D eigenvalue weighted by Gasteiger charge is 2.37. The molecule has 5 rings (SSSR count). The van der Waals surface area contributed by atoms with Gasteiger partial charge in [0.2, 0.25) is 11.8 Å². The van der Waals surface area contributed by atoms with Gasteiger partial charge in [-0.3, -0.25) is 9.59 Å². The van der Waals surface area contributed by atoms with Gasteiger partial charge in [0.05, 0.1) is 5.92 Å². The van der Waals surface area contributed by atoms with Crippen molar-refractivity contribution in [2.45, 2.75) is 32.2 Å². The Bertz CT molecular complexity index is 918. The number of carbonyl (C=O) groups excluding carboxylic acids is 2. The van der Waals surface area contributed by atoms with Crippen LogP contribution in [-0.4, -0.2) is 42.9 Å². The molecule has 0 N–H and O–H groups in total. The minimum Gasteiger partial charge on any atom is -0.372 e. The van der Waals surface area contributed by atoms with Gasteiger partial charge in [-0.25, -0.2) is 0 Å². The van der Waals surface area contributed by atoms with E-state index in [-0.39, 0.29) is 17.7 Å². The van der Waals surface area contributed by atoms with Gasteiger partial charge in [-0.1, -0.05) is 24.3 Å². The predicted octanol–water partition coefficient (Wildman–Crippen LogP) is 3.22. The van der Waals surface area contributed by atoms with Crippen LogP contribution < -0.4 is 9.80 Å². The Kier molecular flexibility index (Phi) is 4.74. The number of benzene rings is 2. The van der Waals surface area contributed by atoms with Gasteiger partial charge in [0.25, 0.3) is 0 Å². The molecule has 2 saturated heterocycles. The van der Waals surface area contributed by atoms with Crippen molar-refractivity contribution in [3.8, 4) is 0 Å². The number of hydrogen-bond donors (Lipinski definition) is 0. The van der Waals surface area contributed by atoms with Gasteiger partial charge in [-0.15, -0.1) is 0 Å². The number of rotatable bonds is 3. The molecule has 1 unspecified atom stereocenters. The Morgan fingerprint density at radius 3 is 2.31 bits per heavy atom. The third-order valence-electron chi connectivity index (χ3n) is 6.55. The molecule has 0 saturated carbocycles.